The fourth-order valence-electron chi connectivity index (χ4n) is 0.846. The van der Waals surface area contributed by atoms with Gasteiger partial charge in [-0.3, -0.25) is 0 Å². The highest BCUT2D eigenvalue weighted by Gasteiger charge is 2.01. The molecule has 4 N–H and O–H groups in total. The molecule has 0 saturated carbocycles. The Kier molecular flexibility index (Phi) is 2.57. The Labute approximate surface area is 65.0 Å². The lowest BCUT2D eigenvalue weighted by Crippen LogP contribution is -2.20. The van der Waals surface area contributed by atoms with Crippen molar-refractivity contribution in [3.63, 3.8) is 0 Å². The lowest BCUT2D eigenvalue weighted by Gasteiger charge is -2.07. The van der Waals surface area contributed by atoms with Gasteiger partial charge in [0.1, 0.15) is 5.82 Å². The van der Waals surface area contributed by atoms with Crippen LogP contribution in [0.25, 0.3) is 0 Å². The van der Waals surface area contributed by atoms with Gasteiger partial charge in [-0.25, -0.2) is 4.39 Å². The van der Waals surface area contributed by atoms with Gasteiger partial charge in [0, 0.05) is 12.6 Å². The average Bonchev–Trinajstić information content (AvgIpc) is 2.05. The maximum atomic E-state index is 12.4. The van der Waals surface area contributed by atoms with Gasteiger partial charge in [-0.15, -0.1) is 0 Å². The highest BCUT2D eigenvalue weighted by molar-refractivity contribution is 5.19. The van der Waals surface area contributed by atoms with Crippen molar-refractivity contribution in [2.45, 2.75) is 6.04 Å². The van der Waals surface area contributed by atoms with Gasteiger partial charge in [-0.05, 0) is 17.7 Å². The predicted molar refractivity (Wildman–Crippen MR) is 42.4 cm³/mol. The van der Waals surface area contributed by atoms with Gasteiger partial charge in [0.2, 0.25) is 0 Å². The van der Waals surface area contributed by atoms with Crippen molar-refractivity contribution in [3.8, 4) is 0 Å². The lowest BCUT2D eigenvalue weighted by atomic mass is 10.1. The highest BCUT2D eigenvalue weighted by Crippen LogP contribution is 2.08. The Morgan fingerprint density at radius 2 is 1.82 bits per heavy atom. The largest absolute Gasteiger partial charge is 0.329 e. The molecule has 0 saturated heterocycles. The molecule has 0 spiro atoms. The second-order valence-corrected chi connectivity index (χ2v) is 2.39. The summed E-state index contributed by atoms with van der Waals surface area (Å²) in [7, 11) is 0. The first-order valence-corrected chi connectivity index (χ1v) is 3.45. The van der Waals surface area contributed by atoms with Crippen molar-refractivity contribution in [2.75, 3.05) is 6.54 Å². The standard InChI is InChI=1S/C8H11FN2/c9-7-3-1-6(2-4-7)8(11)5-10/h1-4,8H,5,10-11H2/t8-/m1/s1. The van der Waals surface area contributed by atoms with E-state index in [1.54, 1.807) is 12.1 Å². The van der Waals surface area contributed by atoms with E-state index in [9.17, 15) is 4.39 Å². The zero-order valence-electron chi connectivity index (χ0n) is 6.13. The van der Waals surface area contributed by atoms with Crippen LogP contribution in [-0.2, 0) is 0 Å². The van der Waals surface area contributed by atoms with Crippen LogP contribution in [0.2, 0.25) is 0 Å². The molecule has 0 aromatic heterocycles. The van der Waals surface area contributed by atoms with E-state index in [0.29, 0.717) is 6.54 Å². The Morgan fingerprint density at radius 3 is 2.27 bits per heavy atom. The maximum absolute atomic E-state index is 12.4. The van der Waals surface area contributed by atoms with Crippen LogP contribution in [0.5, 0.6) is 0 Å². The smallest absolute Gasteiger partial charge is 0.123 e. The topological polar surface area (TPSA) is 52.0 Å². The van der Waals surface area contributed by atoms with Crippen molar-refractivity contribution in [1.82, 2.24) is 0 Å². The Bertz CT molecular complexity index is 220. The minimum atomic E-state index is -0.252. The van der Waals surface area contributed by atoms with E-state index in [-0.39, 0.29) is 11.9 Å². The molecule has 0 fully saturated rings. The van der Waals surface area contributed by atoms with E-state index in [2.05, 4.69) is 0 Å². The molecule has 2 nitrogen and oxygen atoms in total. The molecule has 0 unspecified atom stereocenters. The number of halogens is 1. The quantitative estimate of drug-likeness (QED) is 0.661. The summed E-state index contributed by atoms with van der Waals surface area (Å²) in [5.41, 5.74) is 11.8. The first-order valence-electron chi connectivity index (χ1n) is 3.45. The summed E-state index contributed by atoms with van der Waals surface area (Å²) in [5, 5.41) is 0. The minimum absolute atomic E-state index is 0.185. The molecule has 60 valence electrons. The summed E-state index contributed by atoms with van der Waals surface area (Å²) in [6, 6.07) is 5.87. The summed E-state index contributed by atoms with van der Waals surface area (Å²) in [6.07, 6.45) is 0. The Morgan fingerprint density at radius 1 is 1.27 bits per heavy atom. The van der Waals surface area contributed by atoms with E-state index in [4.69, 9.17) is 11.5 Å². The molecule has 11 heavy (non-hydrogen) atoms. The second-order valence-electron chi connectivity index (χ2n) is 2.39. The van der Waals surface area contributed by atoms with Crippen molar-refractivity contribution < 1.29 is 4.39 Å². The van der Waals surface area contributed by atoms with Gasteiger partial charge in [0.25, 0.3) is 0 Å². The zero-order chi connectivity index (χ0) is 8.27. The maximum Gasteiger partial charge on any atom is 0.123 e. The van der Waals surface area contributed by atoms with Crippen LogP contribution < -0.4 is 11.5 Å². The first kappa shape index (κ1) is 8.17. The van der Waals surface area contributed by atoms with Gasteiger partial charge in [0.15, 0.2) is 0 Å². The third kappa shape index (κ3) is 2.00. The number of benzene rings is 1. The van der Waals surface area contributed by atoms with Crippen LogP contribution >= 0.6 is 0 Å². The average molecular weight is 154 g/mol. The molecule has 0 aliphatic carbocycles. The molecule has 0 heterocycles. The normalized spacial score (nSPS) is 13.0. The Balaban J connectivity index is 2.81. The highest BCUT2D eigenvalue weighted by atomic mass is 19.1. The fraction of sp³-hybridized carbons (Fsp3) is 0.250. The summed E-state index contributed by atoms with van der Waals surface area (Å²) in [4.78, 5) is 0. The van der Waals surface area contributed by atoms with Crippen molar-refractivity contribution >= 4 is 0 Å². The molecule has 1 atom stereocenters. The second kappa shape index (κ2) is 3.46. The van der Waals surface area contributed by atoms with Crippen molar-refractivity contribution in [2.24, 2.45) is 11.5 Å². The molecule has 0 radical (unpaired) electrons. The number of hydrogen-bond acceptors (Lipinski definition) is 2. The number of rotatable bonds is 2. The van der Waals surface area contributed by atoms with Gasteiger partial charge in [0.05, 0.1) is 0 Å². The molecule has 3 heteroatoms. The molecule has 1 rings (SSSR count). The molecule has 0 amide bonds. The molecule has 1 aromatic carbocycles. The molecule has 0 aliphatic heterocycles. The SMILES string of the molecule is NC[C@@H](N)c1ccc(F)cc1. The number of hydrogen-bond donors (Lipinski definition) is 2. The van der Waals surface area contributed by atoms with Gasteiger partial charge < -0.3 is 11.5 Å². The van der Waals surface area contributed by atoms with Crippen LogP contribution in [0.3, 0.4) is 0 Å². The van der Waals surface area contributed by atoms with E-state index >= 15 is 0 Å². The van der Waals surface area contributed by atoms with E-state index in [1.807, 2.05) is 0 Å². The van der Waals surface area contributed by atoms with E-state index in [1.165, 1.54) is 12.1 Å². The monoisotopic (exact) mass is 154 g/mol. The molecular weight excluding hydrogens is 143 g/mol. The van der Waals surface area contributed by atoms with Crippen LogP contribution in [0.4, 0.5) is 4.39 Å². The summed E-state index contributed by atoms with van der Waals surface area (Å²) < 4.78 is 12.4. The van der Waals surface area contributed by atoms with Crippen LogP contribution in [-0.4, -0.2) is 6.54 Å². The first-order chi connectivity index (χ1) is 5.24. The number of nitrogens with two attached hydrogens (primary N) is 2. The summed E-state index contributed by atoms with van der Waals surface area (Å²) >= 11 is 0. The fourth-order valence-corrected chi connectivity index (χ4v) is 0.846. The molecule has 0 bridgehead atoms. The zero-order valence-corrected chi connectivity index (χ0v) is 6.13. The van der Waals surface area contributed by atoms with Crippen molar-refractivity contribution in [3.05, 3.63) is 35.6 Å². The minimum Gasteiger partial charge on any atom is -0.329 e. The van der Waals surface area contributed by atoms with Crippen LogP contribution in [0, 0.1) is 5.82 Å². The van der Waals surface area contributed by atoms with Crippen LogP contribution in [0.15, 0.2) is 24.3 Å². The van der Waals surface area contributed by atoms with E-state index in [0.717, 1.165) is 5.56 Å². The predicted octanol–water partition coefficient (Wildman–Crippen LogP) is 0.784. The molecule has 1 aromatic rings. The summed E-state index contributed by atoms with van der Waals surface area (Å²) in [6.45, 7) is 0.381. The Hall–Kier alpha value is -0.930. The van der Waals surface area contributed by atoms with Gasteiger partial charge in [-0.2, -0.15) is 0 Å². The van der Waals surface area contributed by atoms with E-state index < -0.39 is 0 Å². The molecule has 0 aliphatic rings. The third-order valence-electron chi connectivity index (χ3n) is 1.55. The van der Waals surface area contributed by atoms with Gasteiger partial charge in [-0.1, -0.05) is 12.1 Å². The molecular formula is C8H11FN2. The summed E-state index contributed by atoms with van der Waals surface area (Å²) in [5.74, 6) is -0.252. The lowest BCUT2D eigenvalue weighted by molar-refractivity contribution is 0.625. The van der Waals surface area contributed by atoms with Crippen LogP contribution in [0.1, 0.15) is 11.6 Å². The van der Waals surface area contributed by atoms with Crippen molar-refractivity contribution in [1.29, 1.82) is 0 Å². The third-order valence-corrected chi connectivity index (χ3v) is 1.55. The van der Waals surface area contributed by atoms with Gasteiger partial charge >= 0.3 is 0 Å².